The number of rotatable bonds is 27. The number of halogens is 2. The fourth-order valence-electron chi connectivity index (χ4n) is 9.12. The number of carbonyl (C=O) groups excluding carboxylic acids is 6. The molecule has 14 atom stereocenters. The Morgan fingerprint density at radius 3 is 1.28 bits per heavy atom. The predicted molar refractivity (Wildman–Crippen MR) is 276 cm³/mol. The molecule has 0 aromatic heterocycles. The summed E-state index contributed by atoms with van der Waals surface area (Å²) >= 11 is 0. The van der Waals surface area contributed by atoms with Crippen molar-refractivity contribution in [3.8, 4) is 0 Å². The highest BCUT2D eigenvalue weighted by molar-refractivity contribution is 5.95. The van der Waals surface area contributed by atoms with Crippen LogP contribution in [0.5, 0.6) is 0 Å². The Bertz CT molecular complexity index is 2490. The molecule has 0 spiro atoms. The number of ketones is 2. The van der Waals surface area contributed by atoms with Crippen LogP contribution in [0.4, 0.5) is 8.78 Å². The minimum absolute atomic E-state index is 0.0897. The number of fused-ring (bicyclic) bond motifs is 2. The maximum Gasteiger partial charge on any atom is 0.323 e. The van der Waals surface area contributed by atoms with Gasteiger partial charge in [-0.2, -0.15) is 0 Å². The number of amides is 2. The van der Waals surface area contributed by atoms with Gasteiger partial charge in [-0.3, -0.25) is 28.8 Å². The maximum atomic E-state index is 16.3. The molecule has 0 fully saturated rings. The number of esters is 2. The topological polar surface area (TPSA) is 256 Å². The summed E-state index contributed by atoms with van der Waals surface area (Å²) in [6.45, 7) is 6.86. The van der Waals surface area contributed by atoms with E-state index in [1.807, 2.05) is 27.7 Å². The lowest BCUT2D eigenvalue weighted by atomic mass is 9.93. The smallest absolute Gasteiger partial charge is 0.323 e. The van der Waals surface area contributed by atoms with E-state index in [0.717, 1.165) is 0 Å². The molecule has 2 unspecified atom stereocenters. The first-order valence-electron chi connectivity index (χ1n) is 25.5. The zero-order valence-electron chi connectivity index (χ0n) is 42.9. The van der Waals surface area contributed by atoms with Gasteiger partial charge in [0.1, 0.15) is 37.5 Å². The van der Waals surface area contributed by atoms with Crippen LogP contribution in [-0.4, -0.2) is 95.2 Å². The van der Waals surface area contributed by atoms with Crippen LogP contribution < -0.4 is 22.1 Å². The second kappa shape index (κ2) is 27.8. The van der Waals surface area contributed by atoms with Crippen LogP contribution in [0.25, 0.3) is 0 Å². The van der Waals surface area contributed by atoms with Gasteiger partial charge in [-0.15, -0.1) is 0 Å². The Balaban J connectivity index is 1.28. The minimum atomic E-state index is -2.55. The molecular formula is C58H68F2N4O12. The van der Waals surface area contributed by atoms with E-state index in [2.05, 4.69) is 10.6 Å². The predicted octanol–water partition coefficient (Wildman–Crippen LogP) is 5.96. The van der Waals surface area contributed by atoms with Crippen LogP contribution in [0.1, 0.15) is 98.7 Å². The number of nitrogens with one attached hydrogen (secondary N) is 2. The van der Waals surface area contributed by atoms with Gasteiger partial charge in [0, 0.05) is 11.1 Å². The number of benzene rings is 4. The summed E-state index contributed by atoms with van der Waals surface area (Å²) < 4.78 is 54.4. The van der Waals surface area contributed by atoms with Gasteiger partial charge in [0.25, 0.3) is 11.8 Å². The second-order valence-corrected chi connectivity index (χ2v) is 19.2. The summed E-state index contributed by atoms with van der Waals surface area (Å²) in [5.74, 6) is -6.94. The van der Waals surface area contributed by atoms with E-state index in [-0.39, 0.29) is 49.0 Å². The molecule has 2 amide bonds. The van der Waals surface area contributed by atoms with E-state index in [9.17, 15) is 39.0 Å². The summed E-state index contributed by atoms with van der Waals surface area (Å²) in [5, 5.41) is 29.7. The van der Waals surface area contributed by atoms with Crippen molar-refractivity contribution in [2.75, 3.05) is 13.2 Å². The molecular weight excluding hydrogens is 983 g/mol. The van der Waals surface area contributed by atoms with Gasteiger partial charge in [-0.05, 0) is 71.2 Å². The Morgan fingerprint density at radius 2 is 0.921 bits per heavy atom. The van der Waals surface area contributed by atoms with Crippen LogP contribution in [0.2, 0.25) is 0 Å². The molecule has 6 rings (SSSR count). The van der Waals surface area contributed by atoms with Gasteiger partial charge in [-0.25, -0.2) is 8.78 Å². The van der Waals surface area contributed by atoms with E-state index in [0.29, 0.717) is 35.1 Å². The molecule has 0 radical (unpaired) electrons. The first-order valence-corrected chi connectivity index (χ1v) is 25.5. The van der Waals surface area contributed by atoms with Crippen molar-refractivity contribution >= 4 is 35.3 Å². The van der Waals surface area contributed by atoms with Crippen molar-refractivity contribution in [3.05, 3.63) is 167 Å². The monoisotopic (exact) mass is 1050 g/mol. The molecule has 0 bridgehead atoms. The fourth-order valence-corrected chi connectivity index (χ4v) is 9.12. The second-order valence-electron chi connectivity index (χ2n) is 19.2. The third-order valence-corrected chi connectivity index (χ3v) is 14.2. The average molecular weight is 1050 g/mol. The molecule has 76 heavy (non-hydrogen) atoms. The van der Waals surface area contributed by atoms with Crippen LogP contribution in [-0.2, 0) is 60.6 Å². The summed E-state index contributed by atoms with van der Waals surface area (Å²) in [6.07, 6.45) is -8.02. The van der Waals surface area contributed by atoms with Gasteiger partial charge >= 0.3 is 11.9 Å². The normalized spacial score (nSPS) is 20.9. The highest BCUT2D eigenvalue weighted by Crippen LogP contribution is 2.39. The highest BCUT2D eigenvalue weighted by Gasteiger charge is 2.47. The number of ether oxygens (including phenoxy) is 4. The first kappa shape index (κ1) is 58.5. The molecule has 406 valence electrons. The number of hydrogen-bond acceptors (Lipinski definition) is 14. The molecule has 8 N–H and O–H groups in total. The van der Waals surface area contributed by atoms with Crippen molar-refractivity contribution in [3.63, 3.8) is 0 Å². The van der Waals surface area contributed by atoms with Crippen molar-refractivity contribution in [1.29, 1.82) is 0 Å². The summed E-state index contributed by atoms with van der Waals surface area (Å²) in [6, 6.07) is 24.3. The zero-order valence-corrected chi connectivity index (χ0v) is 42.9. The van der Waals surface area contributed by atoms with Gasteiger partial charge in [0.15, 0.2) is 23.8 Å². The quantitative estimate of drug-likeness (QED) is 0.0298. The zero-order chi connectivity index (χ0) is 55.1. The third-order valence-electron chi connectivity index (χ3n) is 14.2. The first-order chi connectivity index (χ1) is 36.4. The number of alkyl halides is 2. The standard InChI is InChI=1S/C58H68F2N4O12/c1-5-33(3)45(61)57(71)73-29-17-27-43(65)41-31-37-23-13-15-25-39(37)47(41)63-55(69)51(75-53(59)35-19-9-7-10-20-35)49(67)50(68)52(76-54(60)36-21-11-8-12-22-36)56(70)64-48-40-26-16-14-24-38(40)32-42(48)44(66)28-18-30-74-58(72)46(62)34(4)6-2/h7-28,33-34,41-42,45-54,67-68H,5-6,29-32,61-62H2,1-4H3,(H,63,69)(H,64,70)/t33-,34-,41-,42-,45-,46-,47+,48+,49+,50+,51+,52+,53?,54?/m0/s1. The van der Waals surface area contributed by atoms with Gasteiger partial charge in [0.2, 0.25) is 12.7 Å². The fraction of sp³-hybridized carbons (Fsp3) is 0.414. The Hall–Kier alpha value is -6.80. The van der Waals surface area contributed by atoms with Crippen molar-refractivity contribution in [1.82, 2.24) is 10.6 Å². The molecule has 18 heteroatoms. The van der Waals surface area contributed by atoms with E-state index < -0.39 is 108 Å². The highest BCUT2D eigenvalue weighted by atomic mass is 19.1. The lowest BCUT2D eigenvalue weighted by molar-refractivity contribution is -0.200. The molecule has 4 aromatic rings. The Labute approximate surface area is 441 Å². The van der Waals surface area contributed by atoms with Crippen molar-refractivity contribution in [2.24, 2.45) is 35.1 Å². The van der Waals surface area contributed by atoms with E-state index >= 15 is 8.78 Å². The van der Waals surface area contributed by atoms with Gasteiger partial charge in [-0.1, -0.05) is 150 Å². The van der Waals surface area contributed by atoms with E-state index in [4.69, 9.17) is 30.4 Å². The molecule has 4 aromatic carbocycles. The lowest BCUT2D eigenvalue weighted by Gasteiger charge is -2.33. The van der Waals surface area contributed by atoms with Crippen molar-refractivity contribution < 1.29 is 66.7 Å². The van der Waals surface area contributed by atoms with Crippen molar-refractivity contribution in [2.45, 2.75) is 115 Å². The van der Waals surface area contributed by atoms with Gasteiger partial charge in [0.05, 0.1) is 23.9 Å². The minimum Gasteiger partial charge on any atom is -0.460 e. The summed E-state index contributed by atoms with van der Waals surface area (Å²) in [5.41, 5.74) is 14.2. The number of aliphatic hydroxyl groups excluding tert-OH is 2. The van der Waals surface area contributed by atoms with Crippen LogP contribution in [0, 0.1) is 23.7 Å². The number of carbonyl (C=O) groups is 6. The number of hydrogen-bond donors (Lipinski definition) is 6. The third kappa shape index (κ3) is 14.8. The van der Waals surface area contributed by atoms with E-state index in [1.165, 1.54) is 72.8 Å². The molecule has 0 saturated heterocycles. The number of aliphatic hydroxyl groups is 2. The Kier molecular flexibility index (Phi) is 21.4. The molecule has 0 saturated carbocycles. The molecule has 16 nitrogen and oxygen atoms in total. The van der Waals surface area contributed by atoms with Crippen LogP contribution in [0.15, 0.2) is 133 Å². The maximum absolute atomic E-state index is 16.3. The average Bonchev–Trinajstić information content (AvgIpc) is 4.00. The van der Waals surface area contributed by atoms with Crippen LogP contribution in [0.3, 0.4) is 0 Å². The molecule has 0 heterocycles. The molecule has 0 aliphatic heterocycles. The number of nitrogens with two attached hydrogens (primary N) is 2. The molecule has 2 aliphatic rings. The lowest BCUT2D eigenvalue weighted by Crippen LogP contribution is -2.57. The number of allylic oxidation sites excluding steroid dienone is 2. The van der Waals surface area contributed by atoms with Gasteiger partial charge < -0.3 is 51.3 Å². The molecule has 2 aliphatic carbocycles. The Morgan fingerprint density at radius 1 is 0.579 bits per heavy atom. The SMILES string of the molecule is CC[C@H](C)[C@H](N)C(=O)OCC=CC(=O)[C@@H]1Cc2ccccc2[C@H]1NC(=O)[C@H](OC(F)c1ccccc1)[C@H](O)[C@@H](O)[C@@H](OC(F)c1ccccc1)C(=O)N[C@@H]1c2ccccc2C[C@H]1C(=O)C=CCOC(=O)[C@@H](N)[C@@H](C)CC. The summed E-state index contributed by atoms with van der Waals surface area (Å²) in [7, 11) is 0. The van der Waals surface area contributed by atoms with Crippen LogP contribution >= 0.6 is 0 Å². The van der Waals surface area contributed by atoms with E-state index in [1.54, 1.807) is 60.7 Å². The largest absolute Gasteiger partial charge is 0.460 e. The summed E-state index contributed by atoms with van der Waals surface area (Å²) in [4.78, 5) is 82.1.